The van der Waals surface area contributed by atoms with Crippen molar-refractivity contribution in [2.75, 3.05) is 18.8 Å². The molecule has 0 saturated carbocycles. The summed E-state index contributed by atoms with van der Waals surface area (Å²) in [5, 5.41) is 0. The van der Waals surface area contributed by atoms with Crippen LogP contribution in [0.5, 0.6) is 0 Å². The van der Waals surface area contributed by atoms with E-state index in [2.05, 4.69) is 39.1 Å². The third-order valence-corrected chi connectivity index (χ3v) is 6.90. The molecule has 1 fully saturated rings. The lowest BCUT2D eigenvalue weighted by atomic mass is 10.1. The molecule has 186 valence electrons. The molecular weight excluding hydrogens is 464 g/mol. The van der Waals surface area contributed by atoms with Gasteiger partial charge in [-0.25, -0.2) is 15.0 Å². The zero-order valence-electron chi connectivity index (χ0n) is 20.3. The van der Waals surface area contributed by atoms with Gasteiger partial charge in [-0.2, -0.15) is 0 Å². The average Bonchev–Trinajstić information content (AvgIpc) is 3.30. The van der Waals surface area contributed by atoms with Crippen molar-refractivity contribution in [2.45, 2.75) is 25.4 Å². The van der Waals surface area contributed by atoms with Crippen LogP contribution in [0.1, 0.15) is 18.4 Å². The number of likely N-dealkylation sites (tertiary alicyclic amines) is 1. The van der Waals surface area contributed by atoms with Gasteiger partial charge in [0.05, 0.1) is 11.3 Å². The Kier molecular flexibility index (Phi) is 5.99. The van der Waals surface area contributed by atoms with Crippen molar-refractivity contribution < 1.29 is 0 Å². The summed E-state index contributed by atoms with van der Waals surface area (Å²) in [5.41, 5.74) is 18.1. The molecule has 37 heavy (non-hydrogen) atoms. The number of fused-ring (bicyclic) bond motifs is 1. The zero-order chi connectivity index (χ0) is 25.4. The molecule has 5 heterocycles. The Balaban J connectivity index is 1.44. The van der Waals surface area contributed by atoms with Gasteiger partial charge in [0, 0.05) is 42.3 Å². The molecular formula is C28H28N8O. The number of piperidine rings is 1. The number of H-pyrrole nitrogens is 1. The maximum atomic E-state index is 11.5. The van der Waals surface area contributed by atoms with Crippen molar-refractivity contribution in [2.24, 2.45) is 5.73 Å². The lowest BCUT2D eigenvalue weighted by molar-refractivity contribution is 0.205. The number of rotatable bonds is 5. The lowest BCUT2D eigenvalue weighted by Crippen LogP contribution is -2.39. The summed E-state index contributed by atoms with van der Waals surface area (Å²) in [4.78, 5) is 30.8. The number of imidazole rings is 1. The highest BCUT2D eigenvalue weighted by molar-refractivity contribution is 5.84. The Labute approximate surface area is 213 Å². The van der Waals surface area contributed by atoms with E-state index in [1.54, 1.807) is 18.5 Å². The predicted octanol–water partition coefficient (Wildman–Crippen LogP) is 3.34. The molecule has 9 heteroatoms. The summed E-state index contributed by atoms with van der Waals surface area (Å²) in [6, 6.07) is 19.7. The van der Waals surface area contributed by atoms with Crippen molar-refractivity contribution >= 4 is 17.0 Å². The number of nitrogens with two attached hydrogens (primary N) is 2. The van der Waals surface area contributed by atoms with Crippen LogP contribution in [0.2, 0.25) is 0 Å². The second-order valence-corrected chi connectivity index (χ2v) is 9.47. The quantitative estimate of drug-likeness (QED) is 0.343. The van der Waals surface area contributed by atoms with Crippen LogP contribution in [0, 0.1) is 0 Å². The molecule has 0 unspecified atom stereocenters. The van der Waals surface area contributed by atoms with E-state index < -0.39 is 0 Å². The summed E-state index contributed by atoms with van der Waals surface area (Å²) in [5.74, 6) is 1.07. The fourth-order valence-electron chi connectivity index (χ4n) is 4.84. The molecule has 1 saturated heterocycles. The Bertz CT molecular complexity index is 1590. The van der Waals surface area contributed by atoms with E-state index in [0.717, 1.165) is 60.5 Å². The standard InChI is InChI=1S/C28H28N8O/c29-20-11-14-35(15-12-20)17-18-3-6-21(7-4-18)36-27(22-2-1-13-31-26(22)30)34-24-9-8-23(33-28(24)36)19-5-10-25(37)32-16-19/h1-10,13,16,20H,11-12,14-15,17,29H2,(H2,30,31)(H,32,37). The van der Waals surface area contributed by atoms with Crippen LogP contribution in [0.3, 0.4) is 0 Å². The van der Waals surface area contributed by atoms with Crippen molar-refractivity contribution in [3.63, 3.8) is 0 Å². The second-order valence-electron chi connectivity index (χ2n) is 9.47. The number of hydrogen-bond donors (Lipinski definition) is 3. The molecule has 0 amide bonds. The van der Waals surface area contributed by atoms with Gasteiger partial charge in [0.15, 0.2) is 11.5 Å². The summed E-state index contributed by atoms with van der Waals surface area (Å²) in [6.07, 6.45) is 5.41. The molecule has 1 aromatic carbocycles. The van der Waals surface area contributed by atoms with Crippen molar-refractivity contribution in [1.82, 2.24) is 29.4 Å². The summed E-state index contributed by atoms with van der Waals surface area (Å²) >= 11 is 0. The van der Waals surface area contributed by atoms with Gasteiger partial charge in [0.25, 0.3) is 0 Å². The first-order valence-corrected chi connectivity index (χ1v) is 12.4. The Morgan fingerprint density at radius 2 is 1.78 bits per heavy atom. The van der Waals surface area contributed by atoms with E-state index in [1.807, 2.05) is 28.8 Å². The number of nitrogens with one attached hydrogen (secondary N) is 1. The van der Waals surface area contributed by atoms with Crippen LogP contribution < -0.4 is 17.0 Å². The highest BCUT2D eigenvalue weighted by atomic mass is 16.1. The van der Waals surface area contributed by atoms with Gasteiger partial charge in [-0.05, 0) is 74.0 Å². The highest BCUT2D eigenvalue weighted by Crippen LogP contribution is 2.31. The van der Waals surface area contributed by atoms with E-state index in [0.29, 0.717) is 23.3 Å². The van der Waals surface area contributed by atoms with Crippen LogP contribution in [-0.2, 0) is 6.54 Å². The molecule has 1 aliphatic rings. The Morgan fingerprint density at radius 1 is 0.973 bits per heavy atom. The van der Waals surface area contributed by atoms with E-state index in [4.69, 9.17) is 21.4 Å². The molecule has 4 aromatic heterocycles. The normalized spacial score (nSPS) is 14.8. The number of benzene rings is 1. The molecule has 0 bridgehead atoms. The summed E-state index contributed by atoms with van der Waals surface area (Å²) < 4.78 is 2.02. The van der Waals surface area contributed by atoms with Crippen LogP contribution in [-0.4, -0.2) is 48.5 Å². The number of pyridine rings is 3. The molecule has 0 radical (unpaired) electrons. The first-order valence-electron chi connectivity index (χ1n) is 12.4. The van der Waals surface area contributed by atoms with Crippen LogP contribution in [0.4, 0.5) is 5.82 Å². The molecule has 9 nitrogen and oxygen atoms in total. The lowest BCUT2D eigenvalue weighted by Gasteiger charge is -2.30. The molecule has 5 N–H and O–H groups in total. The average molecular weight is 493 g/mol. The molecule has 0 atom stereocenters. The van der Waals surface area contributed by atoms with E-state index in [-0.39, 0.29) is 5.56 Å². The largest absolute Gasteiger partial charge is 0.383 e. The van der Waals surface area contributed by atoms with Crippen molar-refractivity contribution in [1.29, 1.82) is 0 Å². The topological polar surface area (TPSA) is 132 Å². The van der Waals surface area contributed by atoms with E-state index >= 15 is 0 Å². The smallest absolute Gasteiger partial charge is 0.247 e. The fraction of sp³-hybridized carbons (Fsp3) is 0.214. The third-order valence-electron chi connectivity index (χ3n) is 6.90. The molecule has 0 aliphatic carbocycles. The maximum absolute atomic E-state index is 11.5. The van der Waals surface area contributed by atoms with Gasteiger partial charge in [-0.1, -0.05) is 12.1 Å². The van der Waals surface area contributed by atoms with Gasteiger partial charge in [-0.3, -0.25) is 14.3 Å². The van der Waals surface area contributed by atoms with Gasteiger partial charge in [-0.15, -0.1) is 0 Å². The third kappa shape index (κ3) is 4.62. The minimum atomic E-state index is -0.156. The number of aromatic nitrogens is 5. The van der Waals surface area contributed by atoms with Crippen LogP contribution >= 0.6 is 0 Å². The fourth-order valence-corrected chi connectivity index (χ4v) is 4.84. The van der Waals surface area contributed by atoms with Gasteiger partial charge in [0.1, 0.15) is 11.3 Å². The van der Waals surface area contributed by atoms with E-state index in [1.165, 1.54) is 11.6 Å². The minimum Gasteiger partial charge on any atom is -0.383 e. The first kappa shape index (κ1) is 23.1. The van der Waals surface area contributed by atoms with E-state index in [9.17, 15) is 4.79 Å². The van der Waals surface area contributed by atoms with Crippen molar-refractivity contribution in [3.8, 4) is 28.3 Å². The molecule has 0 spiro atoms. The molecule has 1 aliphatic heterocycles. The number of anilines is 1. The number of hydrogen-bond acceptors (Lipinski definition) is 7. The number of aromatic amines is 1. The predicted molar refractivity (Wildman–Crippen MR) is 145 cm³/mol. The highest BCUT2D eigenvalue weighted by Gasteiger charge is 2.20. The van der Waals surface area contributed by atoms with Gasteiger partial charge >= 0.3 is 0 Å². The Morgan fingerprint density at radius 3 is 2.51 bits per heavy atom. The first-order chi connectivity index (χ1) is 18.0. The molecule has 6 rings (SSSR count). The summed E-state index contributed by atoms with van der Waals surface area (Å²) in [7, 11) is 0. The van der Waals surface area contributed by atoms with Gasteiger partial charge in [0.2, 0.25) is 5.56 Å². The summed E-state index contributed by atoms with van der Waals surface area (Å²) in [6.45, 7) is 2.95. The van der Waals surface area contributed by atoms with Crippen LogP contribution in [0.15, 0.2) is 77.9 Å². The second kappa shape index (κ2) is 9.61. The SMILES string of the molecule is Nc1ncccc1-c1nc2ccc(-c3ccc(=O)[nH]c3)nc2n1-c1ccc(CN2CCC(N)CC2)cc1. The van der Waals surface area contributed by atoms with Crippen LogP contribution in [0.25, 0.3) is 39.5 Å². The van der Waals surface area contributed by atoms with Gasteiger partial charge < -0.3 is 16.5 Å². The minimum absolute atomic E-state index is 0.156. The Hall–Kier alpha value is -4.34. The number of nitrogen functional groups attached to an aromatic ring is 1. The number of nitrogens with zero attached hydrogens (tertiary/aromatic N) is 5. The zero-order valence-corrected chi connectivity index (χ0v) is 20.3. The van der Waals surface area contributed by atoms with Crippen molar-refractivity contribution in [3.05, 3.63) is 89.0 Å². The monoisotopic (exact) mass is 492 g/mol. The molecule has 5 aromatic rings. The maximum Gasteiger partial charge on any atom is 0.247 e.